The van der Waals surface area contributed by atoms with Gasteiger partial charge in [-0.1, -0.05) is 24.1 Å². The maximum atomic E-state index is 11.0. The molecule has 2 N–H and O–H groups in total. The lowest BCUT2D eigenvalue weighted by Crippen LogP contribution is -2.24. The van der Waals surface area contributed by atoms with Gasteiger partial charge in [0, 0.05) is 18.0 Å². The first-order chi connectivity index (χ1) is 6.83. The van der Waals surface area contributed by atoms with Gasteiger partial charge in [-0.2, -0.15) is 0 Å². The van der Waals surface area contributed by atoms with E-state index in [1.165, 1.54) is 0 Å². The van der Waals surface area contributed by atoms with Gasteiger partial charge in [0.05, 0.1) is 6.61 Å². The molecule has 0 spiro atoms. The Labute approximate surface area is 82.8 Å². The summed E-state index contributed by atoms with van der Waals surface area (Å²) in [6.45, 7) is 0.168. The van der Waals surface area contributed by atoms with Crippen molar-refractivity contribution in [2.75, 3.05) is 13.2 Å². The van der Waals surface area contributed by atoms with Gasteiger partial charge in [-0.3, -0.25) is 4.79 Å². The van der Waals surface area contributed by atoms with Crippen LogP contribution in [-0.4, -0.2) is 24.2 Å². The topological polar surface area (TPSA) is 49.3 Å². The zero-order valence-electron chi connectivity index (χ0n) is 7.66. The van der Waals surface area contributed by atoms with Crippen molar-refractivity contribution in [2.45, 2.75) is 0 Å². The van der Waals surface area contributed by atoms with Crippen LogP contribution < -0.4 is 5.32 Å². The number of carbonyl (C=O) groups excluding carboxylic acids is 1. The molecule has 72 valence electrons. The van der Waals surface area contributed by atoms with E-state index in [2.05, 4.69) is 17.2 Å². The summed E-state index contributed by atoms with van der Waals surface area (Å²) in [6, 6.07) is 9.25. The molecule has 1 rings (SSSR count). The van der Waals surface area contributed by atoms with Crippen LogP contribution in [0.15, 0.2) is 30.3 Å². The van der Waals surface area contributed by atoms with Crippen molar-refractivity contribution in [3.05, 3.63) is 35.9 Å². The molecule has 0 bridgehead atoms. The van der Waals surface area contributed by atoms with Crippen LogP contribution in [0.4, 0.5) is 0 Å². The summed E-state index contributed by atoms with van der Waals surface area (Å²) in [6.07, 6.45) is 0. The van der Waals surface area contributed by atoms with Crippen LogP contribution in [-0.2, 0) is 4.79 Å². The lowest BCUT2D eigenvalue weighted by Gasteiger charge is -1.93. The molecule has 3 heteroatoms. The molecule has 0 saturated carbocycles. The van der Waals surface area contributed by atoms with E-state index in [1.54, 1.807) is 0 Å². The summed E-state index contributed by atoms with van der Waals surface area (Å²) < 4.78 is 0. The SMILES string of the molecule is O=C(C#Cc1ccccc1)NCCO. The molecule has 0 unspecified atom stereocenters. The van der Waals surface area contributed by atoms with E-state index in [1.807, 2.05) is 30.3 Å². The minimum atomic E-state index is -0.372. The standard InChI is InChI=1S/C11H11NO2/c13-9-8-12-11(14)7-6-10-4-2-1-3-5-10/h1-5,13H,8-9H2,(H,12,14). The number of carbonyl (C=O) groups is 1. The molecule has 0 radical (unpaired) electrons. The monoisotopic (exact) mass is 189 g/mol. The van der Waals surface area contributed by atoms with Gasteiger partial charge in [-0.05, 0) is 12.1 Å². The third-order valence-corrected chi connectivity index (χ3v) is 1.49. The number of rotatable bonds is 2. The predicted molar refractivity (Wildman–Crippen MR) is 53.4 cm³/mol. The smallest absolute Gasteiger partial charge is 0.296 e. The van der Waals surface area contributed by atoms with Crippen molar-refractivity contribution in [3.8, 4) is 11.8 Å². The molecule has 1 amide bonds. The lowest BCUT2D eigenvalue weighted by atomic mass is 10.2. The molecule has 14 heavy (non-hydrogen) atoms. The molecule has 0 aliphatic rings. The summed E-state index contributed by atoms with van der Waals surface area (Å²) in [5, 5.41) is 10.9. The summed E-state index contributed by atoms with van der Waals surface area (Å²) in [5.74, 6) is 4.76. The van der Waals surface area contributed by atoms with Crippen molar-refractivity contribution in [3.63, 3.8) is 0 Å². The molecule has 1 aromatic rings. The van der Waals surface area contributed by atoms with E-state index in [0.29, 0.717) is 0 Å². The number of aliphatic hydroxyl groups excluding tert-OH is 1. The second-order valence-electron chi connectivity index (χ2n) is 2.60. The minimum Gasteiger partial charge on any atom is -0.395 e. The van der Waals surface area contributed by atoms with Gasteiger partial charge in [0.1, 0.15) is 0 Å². The molecule has 0 atom stereocenters. The Kier molecular flexibility index (Phi) is 4.25. The van der Waals surface area contributed by atoms with Crippen LogP contribution in [0.25, 0.3) is 0 Å². The molecule has 3 nitrogen and oxygen atoms in total. The highest BCUT2D eigenvalue weighted by molar-refractivity contribution is 5.94. The Morgan fingerprint density at radius 2 is 2.07 bits per heavy atom. The second-order valence-corrected chi connectivity index (χ2v) is 2.60. The fourth-order valence-corrected chi connectivity index (χ4v) is 0.864. The number of aliphatic hydroxyl groups is 1. The Hall–Kier alpha value is -1.79. The van der Waals surface area contributed by atoms with Crippen LogP contribution >= 0.6 is 0 Å². The molecule has 1 aromatic carbocycles. The van der Waals surface area contributed by atoms with E-state index in [4.69, 9.17) is 5.11 Å². The van der Waals surface area contributed by atoms with E-state index >= 15 is 0 Å². The molecule has 0 aliphatic carbocycles. The maximum Gasteiger partial charge on any atom is 0.296 e. The first-order valence-electron chi connectivity index (χ1n) is 4.28. The van der Waals surface area contributed by atoms with Gasteiger partial charge in [-0.25, -0.2) is 0 Å². The van der Waals surface area contributed by atoms with E-state index in [9.17, 15) is 4.79 Å². The average Bonchev–Trinajstić information content (AvgIpc) is 2.25. The number of nitrogens with one attached hydrogen (secondary N) is 1. The van der Waals surface area contributed by atoms with E-state index < -0.39 is 0 Å². The van der Waals surface area contributed by atoms with Crippen molar-refractivity contribution < 1.29 is 9.90 Å². The van der Waals surface area contributed by atoms with Crippen molar-refractivity contribution in [1.29, 1.82) is 0 Å². The summed E-state index contributed by atoms with van der Waals surface area (Å²) in [7, 11) is 0. The van der Waals surface area contributed by atoms with Gasteiger partial charge in [0.25, 0.3) is 5.91 Å². The quantitative estimate of drug-likeness (QED) is 0.650. The Morgan fingerprint density at radius 3 is 2.71 bits per heavy atom. The number of hydrogen-bond donors (Lipinski definition) is 2. The molecular formula is C11H11NO2. The lowest BCUT2D eigenvalue weighted by molar-refractivity contribution is -0.115. The van der Waals surface area contributed by atoms with Crippen LogP contribution in [0.3, 0.4) is 0 Å². The molecule has 0 heterocycles. The van der Waals surface area contributed by atoms with Gasteiger partial charge in [-0.15, -0.1) is 0 Å². The number of amides is 1. The van der Waals surface area contributed by atoms with Gasteiger partial charge >= 0.3 is 0 Å². The summed E-state index contributed by atoms with van der Waals surface area (Å²) in [4.78, 5) is 11.0. The second kappa shape index (κ2) is 5.79. The first kappa shape index (κ1) is 10.3. The normalized spacial score (nSPS) is 8.64. The van der Waals surface area contributed by atoms with Gasteiger partial charge in [0.15, 0.2) is 0 Å². The summed E-state index contributed by atoms with van der Waals surface area (Å²) in [5.41, 5.74) is 0.798. The zero-order valence-corrected chi connectivity index (χ0v) is 7.66. The molecule has 0 aliphatic heterocycles. The van der Waals surface area contributed by atoms with Gasteiger partial charge < -0.3 is 10.4 Å². The van der Waals surface area contributed by atoms with Crippen molar-refractivity contribution in [2.24, 2.45) is 0 Å². The highest BCUT2D eigenvalue weighted by Gasteiger charge is 1.91. The number of hydrogen-bond acceptors (Lipinski definition) is 2. The Bertz CT molecular complexity index is 349. The molecule has 0 fully saturated rings. The van der Waals surface area contributed by atoms with Crippen molar-refractivity contribution in [1.82, 2.24) is 5.32 Å². The molecular weight excluding hydrogens is 178 g/mol. The maximum absolute atomic E-state index is 11.0. The zero-order chi connectivity index (χ0) is 10.2. The Balaban J connectivity index is 2.51. The fourth-order valence-electron chi connectivity index (χ4n) is 0.864. The van der Waals surface area contributed by atoms with Crippen LogP contribution in [0.1, 0.15) is 5.56 Å². The molecule has 0 saturated heterocycles. The third kappa shape index (κ3) is 3.74. The Morgan fingerprint density at radius 1 is 1.36 bits per heavy atom. The summed E-state index contributed by atoms with van der Waals surface area (Å²) >= 11 is 0. The highest BCUT2D eigenvalue weighted by atomic mass is 16.3. The fraction of sp³-hybridized carbons (Fsp3) is 0.182. The van der Waals surface area contributed by atoms with Crippen LogP contribution in [0, 0.1) is 11.8 Å². The minimum absolute atomic E-state index is 0.0707. The first-order valence-corrected chi connectivity index (χ1v) is 4.28. The highest BCUT2D eigenvalue weighted by Crippen LogP contribution is 1.94. The van der Waals surface area contributed by atoms with E-state index in [0.717, 1.165) is 5.56 Å². The average molecular weight is 189 g/mol. The van der Waals surface area contributed by atoms with Crippen molar-refractivity contribution >= 4 is 5.91 Å². The third-order valence-electron chi connectivity index (χ3n) is 1.49. The molecule has 0 aromatic heterocycles. The van der Waals surface area contributed by atoms with E-state index in [-0.39, 0.29) is 19.1 Å². The van der Waals surface area contributed by atoms with Crippen LogP contribution in [0.2, 0.25) is 0 Å². The van der Waals surface area contributed by atoms with Gasteiger partial charge in [0.2, 0.25) is 0 Å². The van der Waals surface area contributed by atoms with Crippen LogP contribution in [0.5, 0.6) is 0 Å². The number of benzene rings is 1. The largest absolute Gasteiger partial charge is 0.395 e. The predicted octanol–water partition coefficient (Wildman–Crippen LogP) is 0.147.